The number of nitrogens with one attached hydrogen (secondary N) is 1. The summed E-state index contributed by atoms with van der Waals surface area (Å²) >= 11 is 0. The fraction of sp³-hybridized carbons (Fsp3) is 0.625. The van der Waals surface area contributed by atoms with Crippen LogP contribution in [-0.2, 0) is 6.18 Å². The summed E-state index contributed by atoms with van der Waals surface area (Å²) in [5.41, 5.74) is -0.179. The summed E-state index contributed by atoms with van der Waals surface area (Å²) in [4.78, 5) is 1.91. The summed E-state index contributed by atoms with van der Waals surface area (Å²) in [7, 11) is 0. The third kappa shape index (κ3) is 3.70. The Morgan fingerprint density at radius 3 is 2.62 bits per heavy atom. The molecule has 0 bridgehead atoms. The van der Waals surface area contributed by atoms with Gasteiger partial charge in [0.05, 0.1) is 5.56 Å². The van der Waals surface area contributed by atoms with Crippen LogP contribution >= 0.6 is 0 Å². The van der Waals surface area contributed by atoms with Crippen LogP contribution in [0, 0.1) is 5.92 Å². The van der Waals surface area contributed by atoms with E-state index in [1.165, 1.54) is 25.0 Å². The standard InChI is InChI=1S/C16H21F3N2/c17-16(18,19)14-5-1-2-6-15(14)21-9-3-4-12(11-21)10-20-13-7-8-13/h1-2,5-6,12-13,20H,3-4,7-11H2. The first-order valence-corrected chi connectivity index (χ1v) is 7.68. The predicted molar refractivity (Wildman–Crippen MR) is 77.4 cm³/mol. The number of rotatable bonds is 4. The van der Waals surface area contributed by atoms with Gasteiger partial charge in [-0.25, -0.2) is 0 Å². The zero-order valence-electron chi connectivity index (χ0n) is 12.0. The third-order valence-corrected chi connectivity index (χ3v) is 4.34. The maximum absolute atomic E-state index is 13.1. The zero-order valence-corrected chi connectivity index (χ0v) is 12.0. The Kier molecular flexibility index (Phi) is 4.11. The lowest BCUT2D eigenvalue weighted by molar-refractivity contribution is -0.137. The van der Waals surface area contributed by atoms with E-state index in [2.05, 4.69) is 5.32 Å². The van der Waals surface area contributed by atoms with Crippen LogP contribution < -0.4 is 10.2 Å². The van der Waals surface area contributed by atoms with E-state index in [0.717, 1.165) is 19.4 Å². The van der Waals surface area contributed by atoms with Gasteiger partial charge in [-0.1, -0.05) is 12.1 Å². The van der Waals surface area contributed by atoms with Crippen molar-refractivity contribution in [1.29, 1.82) is 0 Å². The molecule has 1 aromatic rings. The number of anilines is 1. The van der Waals surface area contributed by atoms with E-state index < -0.39 is 11.7 Å². The fourth-order valence-electron chi connectivity index (χ4n) is 3.06. The number of hydrogen-bond acceptors (Lipinski definition) is 2. The second-order valence-corrected chi connectivity index (χ2v) is 6.15. The van der Waals surface area contributed by atoms with Crippen LogP contribution in [-0.4, -0.2) is 25.7 Å². The van der Waals surface area contributed by atoms with Gasteiger partial charge in [0.2, 0.25) is 0 Å². The highest BCUT2D eigenvalue weighted by molar-refractivity contribution is 5.55. The van der Waals surface area contributed by atoms with Crippen LogP contribution in [0.5, 0.6) is 0 Å². The number of nitrogens with zero attached hydrogens (tertiary/aromatic N) is 1. The molecule has 1 unspecified atom stereocenters. The molecule has 2 fully saturated rings. The highest BCUT2D eigenvalue weighted by atomic mass is 19.4. The van der Waals surface area contributed by atoms with Gasteiger partial charge in [0.15, 0.2) is 0 Å². The van der Waals surface area contributed by atoms with Gasteiger partial charge in [0.25, 0.3) is 0 Å². The molecule has 1 aromatic carbocycles. The Morgan fingerprint density at radius 2 is 1.90 bits per heavy atom. The van der Waals surface area contributed by atoms with Crippen molar-refractivity contribution in [2.45, 2.75) is 37.9 Å². The average Bonchev–Trinajstić information content (AvgIpc) is 3.29. The van der Waals surface area contributed by atoms with Crippen LogP contribution in [0.4, 0.5) is 18.9 Å². The lowest BCUT2D eigenvalue weighted by Crippen LogP contribution is -2.40. The molecule has 21 heavy (non-hydrogen) atoms. The minimum atomic E-state index is -4.28. The molecule has 2 nitrogen and oxygen atoms in total. The smallest absolute Gasteiger partial charge is 0.371 e. The Balaban J connectivity index is 1.70. The first-order valence-electron chi connectivity index (χ1n) is 7.68. The van der Waals surface area contributed by atoms with Crippen LogP contribution in [0.3, 0.4) is 0 Å². The number of piperidine rings is 1. The SMILES string of the molecule is FC(F)(F)c1ccccc1N1CCCC(CNC2CC2)C1. The van der Waals surface area contributed by atoms with Gasteiger partial charge in [0, 0.05) is 24.8 Å². The number of benzene rings is 1. The molecular formula is C16H21F3N2. The summed E-state index contributed by atoms with van der Waals surface area (Å²) in [6.07, 6.45) is 0.268. The molecule has 1 aliphatic heterocycles. The van der Waals surface area contributed by atoms with Crippen molar-refractivity contribution in [3.05, 3.63) is 29.8 Å². The van der Waals surface area contributed by atoms with Crippen molar-refractivity contribution in [1.82, 2.24) is 5.32 Å². The van der Waals surface area contributed by atoms with Crippen molar-refractivity contribution < 1.29 is 13.2 Å². The fourth-order valence-corrected chi connectivity index (χ4v) is 3.06. The summed E-state index contributed by atoms with van der Waals surface area (Å²) in [6, 6.07) is 6.59. The minimum Gasteiger partial charge on any atom is -0.371 e. The van der Waals surface area contributed by atoms with Crippen molar-refractivity contribution in [3.8, 4) is 0 Å². The molecule has 1 heterocycles. The number of para-hydroxylation sites is 1. The van der Waals surface area contributed by atoms with Gasteiger partial charge in [-0.15, -0.1) is 0 Å². The van der Waals surface area contributed by atoms with Gasteiger partial charge in [-0.05, 0) is 50.3 Å². The summed E-state index contributed by atoms with van der Waals surface area (Å²) in [5.74, 6) is 0.445. The topological polar surface area (TPSA) is 15.3 Å². The molecule has 2 aliphatic rings. The molecular weight excluding hydrogens is 277 g/mol. The molecule has 1 saturated heterocycles. The van der Waals surface area contributed by atoms with Crippen LogP contribution in [0.1, 0.15) is 31.2 Å². The van der Waals surface area contributed by atoms with Crippen LogP contribution in [0.25, 0.3) is 0 Å². The molecule has 1 N–H and O–H groups in total. The van der Waals surface area contributed by atoms with Gasteiger partial charge in [0.1, 0.15) is 0 Å². The van der Waals surface area contributed by atoms with E-state index >= 15 is 0 Å². The lowest BCUT2D eigenvalue weighted by atomic mass is 9.96. The van der Waals surface area contributed by atoms with Gasteiger partial charge < -0.3 is 10.2 Å². The zero-order chi connectivity index (χ0) is 14.9. The van der Waals surface area contributed by atoms with Gasteiger partial charge >= 0.3 is 6.18 Å². The maximum atomic E-state index is 13.1. The lowest BCUT2D eigenvalue weighted by Gasteiger charge is -2.36. The molecule has 116 valence electrons. The molecule has 1 saturated carbocycles. The molecule has 0 amide bonds. The normalized spacial score (nSPS) is 23.4. The molecule has 1 atom stereocenters. The van der Waals surface area contributed by atoms with E-state index in [1.54, 1.807) is 12.1 Å². The summed E-state index contributed by atoms with van der Waals surface area (Å²) in [5, 5.41) is 3.49. The van der Waals surface area contributed by atoms with Crippen molar-refractivity contribution in [2.75, 3.05) is 24.5 Å². The van der Waals surface area contributed by atoms with E-state index in [1.807, 2.05) is 4.90 Å². The Labute approximate surface area is 123 Å². The van der Waals surface area contributed by atoms with E-state index in [9.17, 15) is 13.2 Å². The van der Waals surface area contributed by atoms with Crippen molar-refractivity contribution in [3.63, 3.8) is 0 Å². The van der Waals surface area contributed by atoms with E-state index in [-0.39, 0.29) is 0 Å². The first kappa shape index (κ1) is 14.7. The largest absolute Gasteiger partial charge is 0.418 e. The third-order valence-electron chi connectivity index (χ3n) is 4.34. The minimum absolute atomic E-state index is 0.334. The van der Waals surface area contributed by atoms with E-state index in [4.69, 9.17) is 0 Å². The quantitative estimate of drug-likeness (QED) is 0.912. The monoisotopic (exact) mass is 298 g/mol. The predicted octanol–water partition coefficient (Wildman–Crippen LogP) is 3.67. The van der Waals surface area contributed by atoms with Crippen molar-refractivity contribution in [2.24, 2.45) is 5.92 Å². The number of alkyl halides is 3. The van der Waals surface area contributed by atoms with Crippen LogP contribution in [0.15, 0.2) is 24.3 Å². The highest BCUT2D eigenvalue weighted by Gasteiger charge is 2.35. The Bertz CT molecular complexity index is 483. The summed E-state index contributed by atoms with van der Waals surface area (Å²) < 4.78 is 39.4. The number of hydrogen-bond donors (Lipinski definition) is 1. The second kappa shape index (κ2) is 5.87. The average molecular weight is 298 g/mol. The molecule has 3 rings (SSSR count). The number of halogens is 3. The second-order valence-electron chi connectivity index (χ2n) is 6.15. The molecule has 0 radical (unpaired) electrons. The van der Waals surface area contributed by atoms with Crippen LogP contribution in [0.2, 0.25) is 0 Å². The Hall–Kier alpha value is -1.23. The molecule has 1 aliphatic carbocycles. The maximum Gasteiger partial charge on any atom is 0.418 e. The van der Waals surface area contributed by atoms with Crippen molar-refractivity contribution >= 4 is 5.69 Å². The molecule has 5 heteroatoms. The Morgan fingerprint density at radius 1 is 1.14 bits per heavy atom. The highest BCUT2D eigenvalue weighted by Crippen LogP contribution is 2.37. The summed E-state index contributed by atoms with van der Waals surface area (Å²) in [6.45, 7) is 2.36. The molecule has 0 aromatic heterocycles. The van der Waals surface area contributed by atoms with E-state index in [0.29, 0.717) is 30.7 Å². The van der Waals surface area contributed by atoms with Gasteiger partial charge in [-0.3, -0.25) is 0 Å². The molecule has 0 spiro atoms. The first-order chi connectivity index (χ1) is 10.0. The van der Waals surface area contributed by atoms with Gasteiger partial charge in [-0.2, -0.15) is 13.2 Å².